The van der Waals surface area contributed by atoms with Crippen molar-refractivity contribution in [2.75, 3.05) is 48.0 Å². The number of anilines is 3. The number of hydrogen-bond donors (Lipinski definition) is 2. The van der Waals surface area contributed by atoms with Crippen LogP contribution in [0.1, 0.15) is 32.6 Å². The molecule has 0 radical (unpaired) electrons. The lowest BCUT2D eigenvalue weighted by molar-refractivity contribution is -0.131. The fraction of sp³-hybridized carbons (Fsp3) is 0.417. The Kier molecular flexibility index (Phi) is 8.64. The quantitative estimate of drug-likeness (QED) is 0.433. The average molecular weight is 441 g/mol. The molecule has 7 heteroatoms. The predicted molar refractivity (Wildman–Crippen MR) is 130 cm³/mol. The molecular formula is C24H32N4O2S. The van der Waals surface area contributed by atoms with Crippen LogP contribution in [0.15, 0.2) is 53.4 Å². The highest BCUT2D eigenvalue weighted by molar-refractivity contribution is 7.98. The van der Waals surface area contributed by atoms with Crippen molar-refractivity contribution in [3.05, 3.63) is 48.5 Å². The van der Waals surface area contributed by atoms with Gasteiger partial charge in [-0.2, -0.15) is 0 Å². The number of nitrogens with zero attached hydrogens (tertiary/aromatic N) is 2. The van der Waals surface area contributed by atoms with E-state index in [4.69, 9.17) is 0 Å². The van der Waals surface area contributed by atoms with Crippen LogP contribution in [0.2, 0.25) is 0 Å². The van der Waals surface area contributed by atoms with E-state index in [2.05, 4.69) is 22.5 Å². The predicted octanol–water partition coefficient (Wildman–Crippen LogP) is 5.28. The Balaban J connectivity index is 1.45. The third-order valence-electron chi connectivity index (χ3n) is 5.46. The number of nitrogens with one attached hydrogen (secondary N) is 2. The fourth-order valence-electron chi connectivity index (χ4n) is 3.62. The largest absolute Gasteiger partial charge is 0.368 e. The highest BCUT2D eigenvalue weighted by Gasteiger charge is 2.20. The molecule has 0 spiro atoms. The van der Waals surface area contributed by atoms with E-state index in [1.54, 1.807) is 11.8 Å². The molecule has 2 N–H and O–H groups in total. The summed E-state index contributed by atoms with van der Waals surface area (Å²) < 4.78 is 0. The van der Waals surface area contributed by atoms with Crippen molar-refractivity contribution in [3.63, 3.8) is 0 Å². The average Bonchev–Trinajstić information content (AvgIpc) is 2.80. The van der Waals surface area contributed by atoms with Gasteiger partial charge in [0.25, 0.3) is 0 Å². The minimum absolute atomic E-state index is 0.264. The lowest BCUT2D eigenvalue weighted by Gasteiger charge is -2.36. The van der Waals surface area contributed by atoms with Gasteiger partial charge in [0, 0.05) is 54.6 Å². The Hall–Kier alpha value is -2.67. The van der Waals surface area contributed by atoms with Crippen LogP contribution in [-0.2, 0) is 4.79 Å². The maximum atomic E-state index is 12.3. The summed E-state index contributed by atoms with van der Waals surface area (Å²) in [6.07, 6.45) is 5.93. The molecule has 0 unspecified atom stereocenters. The minimum Gasteiger partial charge on any atom is -0.368 e. The molecule has 0 aromatic heterocycles. The molecule has 1 fully saturated rings. The second-order valence-electron chi connectivity index (χ2n) is 7.68. The first-order valence-corrected chi connectivity index (χ1v) is 12.2. The summed E-state index contributed by atoms with van der Waals surface area (Å²) in [5.74, 6) is 0.279. The number of carbonyl (C=O) groups excluding carboxylic acids is 2. The zero-order valence-corrected chi connectivity index (χ0v) is 19.2. The number of carbonyl (C=O) groups is 2. The first-order valence-electron chi connectivity index (χ1n) is 10.9. The van der Waals surface area contributed by atoms with Gasteiger partial charge in [0.15, 0.2) is 0 Å². The summed E-state index contributed by atoms with van der Waals surface area (Å²) in [5, 5.41) is 5.71. The number of piperazine rings is 1. The Morgan fingerprint density at radius 2 is 1.45 bits per heavy atom. The molecule has 0 atom stereocenters. The summed E-state index contributed by atoms with van der Waals surface area (Å²) in [7, 11) is 0. The second-order valence-corrected chi connectivity index (χ2v) is 8.56. The number of rotatable bonds is 8. The SMILES string of the molecule is CCCCCC(=O)N1CCN(c2ccc(NC(=O)Nc3ccc(SC)cc3)cc2)CC1. The van der Waals surface area contributed by atoms with Crippen molar-refractivity contribution in [1.29, 1.82) is 0 Å². The molecule has 1 saturated heterocycles. The van der Waals surface area contributed by atoms with E-state index in [1.807, 2.05) is 59.7 Å². The van der Waals surface area contributed by atoms with Gasteiger partial charge in [0.1, 0.15) is 0 Å². The summed E-state index contributed by atoms with van der Waals surface area (Å²) in [5.41, 5.74) is 2.61. The lowest BCUT2D eigenvalue weighted by Crippen LogP contribution is -2.48. The molecule has 3 rings (SSSR count). The van der Waals surface area contributed by atoms with E-state index in [-0.39, 0.29) is 11.9 Å². The van der Waals surface area contributed by atoms with Gasteiger partial charge in [-0.25, -0.2) is 4.79 Å². The zero-order valence-electron chi connectivity index (χ0n) is 18.4. The first-order chi connectivity index (χ1) is 15.1. The number of hydrogen-bond acceptors (Lipinski definition) is 4. The Morgan fingerprint density at radius 1 is 0.871 bits per heavy atom. The van der Waals surface area contributed by atoms with E-state index >= 15 is 0 Å². The zero-order chi connectivity index (χ0) is 22.1. The first kappa shape index (κ1) is 23.0. The van der Waals surface area contributed by atoms with Crippen molar-refractivity contribution in [3.8, 4) is 0 Å². The van der Waals surface area contributed by atoms with Gasteiger partial charge in [-0.3, -0.25) is 4.79 Å². The highest BCUT2D eigenvalue weighted by Crippen LogP contribution is 2.21. The lowest BCUT2D eigenvalue weighted by atomic mass is 10.1. The molecule has 3 amide bonds. The van der Waals surface area contributed by atoms with Crippen LogP contribution in [-0.4, -0.2) is 49.3 Å². The molecule has 0 aliphatic carbocycles. The monoisotopic (exact) mass is 440 g/mol. The van der Waals surface area contributed by atoms with Gasteiger partial charge in [0.05, 0.1) is 0 Å². The highest BCUT2D eigenvalue weighted by atomic mass is 32.2. The van der Waals surface area contributed by atoms with Crippen LogP contribution >= 0.6 is 11.8 Å². The van der Waals surface area contributed by atoms with Crippen LogP contribution in [0.25, 0.3) is 0 Å². The summed E-state index contributed by atoms with van der Waals surface area (Å²) >= 11 is 1.67. The number of thioether (sulfide) groups is 1. The molecule has 1 aliphatic heterocycles. The van der Waals surface area contributed by atoms with E-state index < -0.39 is 0 Å². The molecule has 0 bridgehead atoms. The molecular weight excluding hydrogens is 408 g/mol. The number of benzene rings is 2. The van der Waals surface area contributed by atoms with Crippen molar-refractivity contribution < 1.29 is 9.59 Å². The van der Waals surface area contributed by atoms with Crippen LogP contribution < -0.4 is 15.5 Å². The summed E-state index contributed by atoms with van der Waals surface area (Å²) in [6.45, 7) is 5.35. The van der Waals surface area contributed by atoms with E-state index in [9.17, 15) is 9.59 Å². The van der Waals surface area contributed by atoms with Gasteiger partial charge in [-0.1, -0.05) is 19.8 Å². The second kappa shape index (κ2) is 11.6. The molecule has 0 saturated carbocycles. The molecule has 6 nitrogen and oxygen atoms in total. The van der Waals surface area contributed by atoms with Crippen molar-refractivity contribution >= 4 is 40.8 Å². The Bertz CT molecular complexity index is 847. The van der Waals surface area contributed by atoms with Gasteiger partial charge in [0.2, 0.25) is 5.91 Å². The Labute approximate surface area is 189 Å². The number of urea groups is 1. The van der Waals surface area contributed by atoms with Crippen LogP contribution in [0.5, 0.6) is 0 Å². The van der Waals surface area contributed by atoms with Crippen LogP contribution in [0.3, 0.4) is 0 Å². The van der Waals surface area contributed by atoms with Gasteiger partial charge in [-0.15, -0.1) is 11.8 Å². The molecule has 31 heavy (non-hydrogen) atoms. The molecule has 166 valence electrons. The van der Waals surface area contributed by atoms with E-state index in [1.165, 1.54) is 0 Å². The maximum absolute atomic E-state index is 12.3. The third kappa shape index (κ3) is 6.92. The van der Waals surface area contributed by atoms with Gasteiger partial charge >= 0.3 is 6.03 Å². The number of amides is 3. The number of unbranched alkanes of at least 4 members (excludes halogenated alkanes) is 2. The summed E-state index contributed by atoms with van der Waals surface area (Å²) in [6, 6.07) is 15.3. The van der Waals surface area contributed by atoms with Crippen molar-refractivity contribution in [2.24, 2.45) is 0 Å². The maximum Gasteiger partial charge on any atom is 0.323 e. The van der Waals surface area contributed by atoms with Crippen molar-refractivity contribution in [2.45, 2.75) is 37.5 Å². The van der Waals surface area contributed by atoms with Crippen LogP contribution in [0.4, 0.5) is 21.9 Å². The normalized spacial score (nSPS) is 13.7. The summed E-state index contributed by atoms with van der Waals surface area (Å²) in [4.78, 5) is 30.0. The third-order valence-corrected chi connectivity index (χ3v) is 6.21. The van der Waals surface area contributed by atoms with Gasteiger partial charge < -0.3 is 20.4 Å². The topological polar surface area (TPSA) is 64.7 Å². The molecule has 2 aromatic carbocycles. The molecule has 2 aromatic rings. The van der Waals surface area contributed by atoms with Crippen molar-refractivity contribution in [1.82, 2.24) is 4.90 Å². The van der Waals surface area contributed by atoms with E-state index in [0.29, 0.717) is 6.42 Å². The standard InChI is InChI=1S/C24H32N4O2S/c1-3-4-5-6-23(29)28-17-15-27(16-18-28)21-11-7-19(8-12-21)25-24(30)26-20-9-13-22(31-2)14-10-20/h7-14H,3-6,15-18H2,1-2H3,(H2,25,26,30). The van der Waals surface area contributed by atoms with E-state index in [0.717, 1.165) is 67.4 Å². The van der Waals surface area contributed by atoms with Gasteiger partial charge in [-0.05, 0) is 61.2 Å². The smallest absolute Gasteiger partial charge is 0.323 e. The van der Waals surface area contributed by atoms with Crippen LogP contribution in [0, 0.1) is 0 Å². The fourth-order valence-corrected chi connectivity index (χ4v) is 4.03. The molecule has 1 aliphatic rings. The Morgan fingerprint density at radius 3 is 2.00 bits per heavy atom. The minimum atomic E-state index is -0.264. The molecule has 1 heterocycles.